The second kappa shape index (κ2) is 7.74. The minimum absolute atomic E-state index is 0.433. The van der Waals surface area contributed by atoms with E-state index >= 15 is 0 Å². The van der Waals surface area contributed by atoms with E-state index in [4.69, 9.17) is 10.2 Å². The number of hydrogen-bond donors (Lipinski definition) is 2. The average Bonchev–Trinajstić information content (AvgIpc) is 3.42. The van der Waals surface area contributed by atoms with Gasteiger partial charge in [-0.25, -0.2) is 4.98 Å². The second-order valence-corrected chi connectivity index (χ2v) is 7.29. The van der Waals surface area contributed by atoms with Crippen LogP contribution >= 0.6 is 11.3 Å². The Balaban J connectivity index is 1.64. The summed E-state index contributed by atoms with van der Waals surface area (Å²) in [4.78, 5) is 16.6. The van der Waals surface area contributed by atoms with Crippen molar-refractivity contribution in [2.75, 3.05) is 5.32 Å². The largest absolute Gasteiger partial charge is 0.467 e. The van der Waals surface area contributed by atoms with Crippen LogP contribution in [0.4, 0.5) is 5.13 Å². The summed E-state index contributed by atoms with van der Waals surface area (Å²) in [5, 5.41) is 6.03. The van der Waals surface area contributed by atoms with Gasteiger partial charge in [0.2, 0.25) is 0 Å². The molecule has 7 heteroatoms. The number of nitrogens with zero attached hydrogens (tertiary/aromatic N) is 2. The van der Waals surface area contributed by atoms with E-state index in [9.17, 15) is 4.79 Å². The highest BCUT2D eigenvalue weighted by Gasteiger charge is 2.19. The standard InChI is InChI=1S/C21H20N4O2S/c1-14-17(20(22)26)10-19(25(14)12-15-6-3-2-4-7-15)18-13-28-21(24-18)23-11-16-8-5-9-27-16/h2-10,13H,11-12H2,1H3,(H2,22,26)(H,23,24). The maximum absolute atomic E-state index is 11.9. The van der Waals surface area contributed by atoms with Gasteiger partial charge in [-0.2, -0.15) is 0 Å². The Hall–Kier alpha value is -3.32. The fraction of sp³-hybridized carbons (Fsp3) is 0.143. The van der Waals surface area contributed by atoms with E-state index in [2.05, 4.69) is 27.0 Å². The number of thiazole rings is 1. The van der Waals surface area contributed by atoms with Gasteiger partial charge in [0.25, 0.3) is 5.91 Å². The van der Waals surface area contributed by atoms with Gasteiger partial charge in [-0.1, -0.05) is 30.3 Å². The Morgan fingerprint density at radius 1 is 1.25 bits per heavy atom. The highest BCUT2D eigenvalue weighted by molar-refractivity contribution is 7.14. The van der Waals surface area contributed by atoms with E-state index < -0.39 is 5.91 Å². The topological polar surface area (TPSA) is 86.1 Å². The van der Waals surface area contributed by atoms with Gasteiger partial charge >= 0.3 is 0 Å². The van der Waals surface area contributed by atoms with Crippen LogP contribution in [0.3, 0.4) is 0 Å². The van der Waals surface area contributed by atoms with Crippen LogP contribution in [0.1, 0.15) is 27.4 Å². The lowest BCUT2D eigenvalue weighted by atomic mass is 10.2. The normalized spacial score (nSPS) is 10.9. The molecule has 0 unspecified atom stereocenters. The first kappa shape index (κ1) is 18.1. The molecular formula is C21H20N4O2S. The van der Waals surface area contributed by atoms with Crippen LogP contribution in [0.2, 0.25) is 0 Å². The van der Waals surface area contributed by atoms with Crippen molar-refractivity contribution in [1.29, 1.82) is 0 Å². The van der Waals surface area contributed by atoms with Gasteiger partial charge in [0.15, 0.2) is 5.13 Å². The molecule has 0 aliphatic rings. The average molecular weight is 392 g/mol. The fourth-order valence-electron chi connectivity index (χ4n) is 3.13. The summed E-state index contributed by atoms with van der Waals surface area (Å²) in [6, 6.07) is 15.7. The molecule has 0 spiro atoms. The molecule has 3 N–H and O–H groups in total. The lowest BCUT2D eigenvalue weighted by Gasteiger charge is -2.11. The first-order chi connectivity index (χ1) is 13.6. The molecule has 1 aromatic carbocycles. The Bertz CT molecular complexity index is 1080. The van der Waals surface area contributed by atoms with E-state index in [1.54, 1.807) is 6.26 Å². The number of anilines is 1. The maximum atomic E-state index is 11.9. The van der Waals surface area contributed by atoms with E-state index in [-0.39, 0.29) is 0 Å². The van der Waals surface area contributed by atoms with Crippen molar-refractivity contribution in [3.8, 4) is 11.4 Å². The van der Waals surface area contributed by atoms with Crippen molar-refractivity contribution in [2.45, 2.75) is 20.0 Å². The number of nitrogens with one attached hydrogen (secondary N) is 1. The zero-order valence-corrected chi connectivity index (χ0v) is 16.2. The first-order valence-corrected chi connectivity index (χ1v) is 9.76. The Morgan fingerprint density at radius 2 is 2.07 bits per heavy atom. The zero-order valence-electron chi connectivity index (χ0n) is 15.4. The predicted octanol–water partition coefficient (Wildman–Crippen LogP) is 4.27. The quantitative estimate of drug-likeness (QED) is 0.492. The third kappa shape index (κ3) is 3.70. The summed E-state index contributed by atoms with van der Waals surface area (Å²) in [5.41, 5.74) is 9.76. The minimum Gasteiger partial charge on any atom is -0.467 e. The van der Waals surface area contributed by atoms with Gasteiger partial charge < -0.3 is 20.0 Å². The minimum atomic E-state index is -0.433. The Labute approximate surface area is 166 Å². The van der Waals surface area contributed by atoms with Gasteiger partial charge in [0, 0.05) is 17.6 Å². The van der Waals surface area contributed by atoms with Crippen molar-refractivity contribution >= 4 is 22.4 Å². The fourth-order valence-corrected chi connectivity index (χ4v) is 3.83. The number of carbonyl (C=O) groups excluding carboxylic acids is 1. The summed E-state index contributed by atoms with van der Waals surface area (Å²) in [5.74, 6) is 0.410. The number of primary amides is 1. The van der Waals surface area contributed by atoms with Gasteiger partial charge in [0.05, 0.1) is 29.8 Å². The molecule has 3 heterocycles. The number of aromatic nitrogens is 2. The third-order valence-electron chi connectivity index (χ3n) is 4.58. The summed E-state index contributed by atoms with van der Waals surface area (Å²) >= 11 is 1.51. The number of furan rings is 1. The molecule has 28 heavy (non-hydrogen) atoms. The van der Waals surface area contributed by atoms with E-state index in [1.807, 2.05) is 48.7 Å². The molecule has 0 aliphatic carbocycles. The molecule has 0 bridgehead atoms. The second-order valence-electron chi connectivity index (χ2n) is 6.44. The van der Waals surface area contributed by atoms with E-state index in [0.717, 1.165) is 33.5 Å². The van der Waals surface area contributed by atoms with Crippen LogP contribution in [0.15, 0.2) is 64.6 Å². The van der Waals surface area contributed by atoms with Gasteiger partial charge in [-0.15, -0.1) is 11.3 Å². The lowest BCUT2D eigenvalue weighted by Crippen LogP contribution is -2.12. The van der Waals surface area contributed by atoms with Gasteiger partial charge in [-0.05, 0) is 30.7 Å². The number of nitrogens with two attached hydrogens (primary N) is 1. The number of rotatable bonds is 7. The molecule has 0 radical (unpaired) electrons. The molecule has 0 aliphatic heterocycles. The molecule has 4 aromatic rings. The van der Waals surface area contributed by atoms with Crippen LogP contribution in [0.5, 0.6) is 0 Å². The summed E-state index contributed by atoms with van der Waals surface area (Å²) < 4.78 is 7.42. The molecule has 1 amide bonds. The SMILES string of the molecule is Cc1c(C(N)=O)cc(-c2csc(NCc3ccco3)n2)n1Cc1ccccc1. The summed E-state index contributed by atoms with van der Waals surface area (Å²) in [6.07, 6.45) is 1.65. The number of amides is 1. The molecule has 3 aromatic heterocycles. The molecule has 4 rings (SSSR count). The third-order valence-corrected chi connectivity index (χ3v) is 5.38. The van der Waals surface area contributed by atoms with Crippen LogP contribution in [0.25, 0.3) is 11.4 Å². The highest BCUT2D eigenvalue weighted by Crippen LogP contribution is 2.30. The molecule has 0 fully saturated rings. The van der Waals surface area contributed by atoms with Gasteiger partial charge in [-0.3, -0.25) is 4.79 Å². The maximum Gasteiger partial charge on any atom is 0.250 e. The Kier molecular flexibility index (Phi) is 4.99. The summed E-state index contributed by atoms with van der Waals surface area (Å²) in [6.45, 7) is 3.12. The molecule has 142 valence electrons. The van der Waals surface area contributed by atoms with E-state index in [1.165, 1.54) is 11.3 Å². The molecular weight excluding hydrogens is 372 g/mol. The van der Waals surface area contributed by atoms with Crippen molar-refractivity contribution in [3.63, 3.8) is 0 Å². The monoisotopic (exact) mass is 392 g/mol. The number of benzene rings is 1. The van der Waals surface area contributed by atoms with Crippen LogP contribution in [0, 0.1) is 6.92 Å². The molecule has 0 saturated heterocycles. The number of carbonyl (C=O) groups is 1. The van der Waals surface area contributed by atoms with Crippen molar-refractivity contribution in [2.24, 2.45) is 5.73 Å². The predicted molar refractivity (Wildman–Crippen MR) is 110 cm³/mol. The highest BCUT2D eigenvalue weighted by atomic mass is 32.1. The first-order valence-electron chi connectivity index (χ1n) is 8.88. The van der Waals surface area contributed by atoms with Gasteiger partial charge in [0.1, 0.15) is 5.76 Å². The van der Waals surface area contributed by atoms with Crippen molar-refractivity contribution < 1.29 is 9.21 Å². The summed E-state index contributed by atoms with van der Waals surface area (Å²) in [7, 11) is 0. The molecule has 0 saturated carbocycles. The number of hydrogen-bond acceptors (Lipinski definition) is 5. The molecule has 0 atom stereocenters. The van der Waals surface area contributed by atoms with Crippen LogP contribution in [-0.4, -0.2) is 15.5 Å². The zero-order chi connectivity index (χ0) is 19.5. The Morgan fingerprint density at radius 3 is 2.79 bits per heavy atom. The lowest BCUT2D eigenvalue weighted by molar-refractivity contribution is 0.0999. The van der Waals surface area contributed by atoms with Crippen LogP contribution < -0.4 is 11.1 Å². The van der Waals surface area contributed by atoms with Crippen LogP contribution in [-0.2, 0) is 13.1 Å². The smallest absolute Gasteiger partial charge is 0.250 e. The van der Waals surface area contributed by atoms with E-state index in [0.29, 0.717) is 18.7 Å². The molecule has 6 nitrogen and oxygen atoms in total. The van der Waals surface area contributed by atoms with Crippen molar-refractivity contribution in [3.05, 3.63) is 82.8 Å². The van der Waals surface area contributed by atoms with Crippen molar-refractivity contribution in [1.82, 2.24) is 9.55 Å².